The molecule has 0 aliphatic heterocycles. The lowest BCUT2D eigenvalue weighted by Gasteiger charge is -2.19. The SMILES string of the molecule is O=c1c2ccccc2c2c3cc(Cl)ccc3[nH]c3c4c(=O)c5ccccc5c5c6cc(Cl)ccc6[nH]c(c1c32)c45. The van der Waals surface area contributed by atoms with Gasteiger partial charge in [0.25, 0.3) is 0 Å². The van der Waals surface area contributed by atoms with Crippen molar-refractivity contribution in [3.05, 3.63) is 115 Å². The molecule has 0 unspecified atom stereocenters. The molecule has 9 rings (SSSR count). The first-order chi connectivity index (χ1) is 19.5. The van der Waals surface area contributed by atoms with Crippen LogP contribution in [-0.4, -0.2) is 9.97 Å². The number of nitrogens with one attached hydrogen (secondary N) is 2. The first-order valence-electron chi connectivity index (χ1n) is 12.9. The standard InChI is InChI=1S/C34H16Cl2N2O2/c35-15-9-11-23-21(13-15)25-17-5-1-3-7-19(17)33(39)29-27(25)31(37-23)30-28-26(18-6-2-4-8-20(18)34(30)40)22-14-16(36)10-12-24(22)38-32(28)29/h1-14,37-38H. The Morgan fingerprint density at radius 3 is 1.25 bits per heavy atom. The summed E-state index contributed by atoms with van der Waals surface area (Å²) in [5.41, 5.74) is 2.78. The minimum Gasteiger partial charge on any atom is -0.354 e. The van der Waals surface area contributed by atoms with Crippen LogP contribution in [0.1, 0.15) is 0 Å². The number of rotatable bonds is 0. The number of aromatic amines is 2. The van der Waals surface area contributed by atoms with Gasteiger partial charge in [-0.3, -0.25) is 9.59 Å². The van der Waals surface area contributed by atoms with Gasteiger partial charge in [0, 0.05) is 64.2 Å². The number of fused-ring (bicyclic) bond motifs is 10. The normalized spacial score (nSPS) is 12.4. The van der Waals surface area contributed by atoms with Crippen molar-refractivity contribution in [1.29, 1.82) is 0 Å². The van der Waals surface area contributed by atoms with Gasteiger partial charge in [-0.25, -0.2) is 0 Å². The summed E-state index contributed by atoms with van der Waals surface area (Å²) >= 11 is 13.0. The Balaban J connectivity index is 1.79. The predicted octanol–water partition coefficient (Wildman–Crippen LogP) is 9.03. The Kier molecular flexibility index (Phi) is 4.17. The monoisotopic (exact) mass is 554 g/mol. The van der Waals surface area contributed by atoms with Crippen molar-refractivity contribution in [2.75, 3.05) is 0 Å². The molecule has 0 bridgehead atoms. The Bertz CT molecular complexity index is 2530. The van der Waals surface area contributed by atoms with Crippen molar-refractivity contribution < 1.29 is 0 Å². The van der Waals surface area contributed by atoms with Crippen LogP contribution in [0, 0.1) is 0 Å². The van der Waals surface area contributed by atoms with Gasteiger partial charge in [-0.1, -0.05) is 71.7 Å². The van der Waals surface area contributed by atoms with Crippen LogP contribution in [0.25, 0.3) is 86.7 Å². The fourth-order valence-corrected chi connectivity index (χ4v) is 7.13. The molecule has 2 heterocycles. The van der Waals surface area contributed by atoms with E-state index in [2.05, 4.69) is 9.97 Å². The number of benzene rings is 7. The molecule has 6 heteroatoms. The second kappa shape index (κ2) is 7.51. The predicted molar refractivity (Wildman–Crippen MR) is 169 cm³/mol. The van der Waals surface area contributed by atoms with Gasteiger partial charge in [0.2, 0.25) is 0 Å². The number of pyridine rings is 2. The fraction of sp³-hybridized carbons (Fsp3) is 0. The molecule has 2 aromatic heterocycles. The Morgan fingerprint density at radius 1 is 0.425 bits per heavy atom. The van der Waals surface area contributed by atoms with Crippen molar-refractivity contribution in [3.63, 3.8) is 0 Å². The molecule has 0 fully saturated rings. The number of hydrogen-bond donors (Lipinski definition) is 2. The van der Waals surface area contributed by atoms with Gasteiger partial charge in [0.1, 0.15) is 0 Å². The summed E-state index contributed by atoms with van der Waals surface area (Å²) in [6.45, 7) is 0. The molecule has 0 radical (unpaired) electrons. The molecule has 0 spiro atoms. The molecule has 2 N–H and O–H groups in total. The highest BCUT2D eigenvalue weighted by Crippen LogP contribution is 2.44. The van der Waals surface area contributed by atoms with E-state index in [4.69, 9.17) is 23.2 Å². The average molecular weight is 555 g/mol. The van der Waals surface area contributed by atoms with Gasteiger partial charge < -0.3 is 9.97 Å². The van der Waals surface area contributed by atoms with Gasteiger partial charge in [-0.05, 0) is 47.2 Å². The molecule has 0 saturated heterocycles. The molecule has 0 aliphatic carbocycles. The van der Waals surface area contributed by atoms with Crippen molar-refractivity contribution in [3.8, 4) is 0 Å². The van der Waals surface area contributed by atoms with Crippen LogP contribution < -0.4 is 10.9 Å². The minimum absolute atomic E-state index is 0.0868. The van der Waals surface area contributed by atoms with Gasteiger partial charge in [-0.15, -0.1) is 0 Å². The summed E-state index contributed by atoms with van der Waals surface area (Å²) in [4.78, 5) is 35.9. The third kappa shape index (κ3) is 2.63. The molecule has 40 heavy (non-hydrogen) atoms. The Labute approximate surface area is 234 Å². The molecule has 9 aromatic rings. The highest BCUT2D eigenvalue weighted by Gasteiger charge is 2.25. The highest BCUT2D eigenvalue weighted by atomic mass is 35.5. The first-order valence-corrected chi connectivity index (χ1v) is 13.7. The lowest BCUT2D eigenvalue weighted by molar-refractivity contribution is 1.50. The van der Waals surface area contributed by atoms with Crippen LogP contribution in [0.5, 0.6) is 0 Å². The molecule has 188 valence electrons. The largest absolute Gasteiger partial charge is 0.354 e. The second-order valence-corrected chi connectivity index (χ2v) is 11.3. The van der Waals surface area contributed by atoms with E-state index in [1.54, 1.807) is 0 Å². The van der Waals surface area contributed by atoms with E-state index in [0.717, 1.165) is 54.1 Å². The van der Waals surface area contributed by atoms with Crippen molar-refractivity contribution in [2.45, 2.75) is 0 Å². The van der Waals surface area contributed by atoms with Crippen LogP contribution >= 0.6 is 23.2 Å². The number of aromatic nitrogens is 2. The lowest BCUT2D eigenvalue weighted by atomic mass is 9.87. The van der Waals surface area contributed by atoms with E-state index in [9.17, 15) is 9.59 Å². The minimum atomic E-state index is -0.0868. The molecule has 0 aliphatic rings. The Hall–Kier alpha value is -4.64. The van der Waals surface area contributed by atoms with Gasteiger partial charge in [0.05, 0.1) is 21.8 Å². The summed E-state index contributed by atoms with van der Waals surface area (Å²) in [7, 11) is 0. The fourth-order valence-electron chi connectivity index (χ4n) is 6.78. The summed E-state index contributed by atoms with van der Waals surface area (Å²) in [6, 6.07) is 26.7. The highest BCUT2D eigenvalue weighted by molar-refractivity contribution is 6.43. The van der Waals surface area contributed by atoms with E-state index in [-0.39, 0.29) is 10.9 Å². The quantitative estimate of drug-likeness (QED) is 0.145. The van der Waals surface area contributed by atoms with E-state index in [0.29, 0.717) is 42.6 Å². The summed E-state index contributed by atoms with van der Waals surface area (Å²) in [5, 5.41) is 10.2. The second-order valence-electron chi connectivity index (χ2n) is 10.4. The van der Waals surface area contributed by atoms with E-state index < -0.39 is 0 Å². The molecule has 0 saturated carbocycles. The lowest BCUT2D eigenvalue weighted by Crippen LogP contribution is -2.11. The summed E-state index contributed by atoms with van der Waals surface area (Å²) in [5.74, 6) is 0. The summed E-state index contributed by atoms with van der Waals surface area (Å²) < 4.78 is 0. The maximum atomic E-state index is 14.4. The zero-order chi connectivity index (χ0) is 26.9. The molecular formula is C34H16Cl2N2O2. The third-order valence-electron chi connectivity index (χ3n) is 8.36. The van der Waals surface area contributed by atoms with Crippen LogP contribution in [-0.2, 0) is 0 Å². The molecule has 0 amide bonds. The van der Waals surface area contributed by atoms with E-state index >= 15 is 0 Å². The van der Waals surface area contributed by atoms with Crippen LogP contribution in [0.15, 0.2) is 94.5 Å². The maximum absolute atomic E-state index is 14.4. The van der Waals surface area contributed by atoms with Crippen molar-refractivity contribution in [1.82, 2.24) is 9.97 Å². The molecular weight excluding hydrogens is 539 g/mol. The Morgan fingerprint density at radius 2 is 0.825 bits per heavy atom. The third-order valence-corrected chi connectivity index (χ3v) is 8.83. The maximum Gasteiger partial charge on any atom is 0.196 e. The zero-order valence-electron chi connectivity index (χ0n) is 20.7. The first kappa shape index (κ1) is 22.2. The molecule has 7 aromatic carbocycles. The summed E-state index contributed by atoms with van der Waals surface area (Å²) in [6.07, 6.45) is 0. The van der Waals surface area contributed by atoms with E-state index in [1.807, 2.05) is 84.9 Å². The van der Waals surface area contributed by atoms with Crippen LogP contribution in [0.4, 0.5) is 0 Å². The van der Waals surface area contributed by atoms with Crippen molar-refractivity contribution >= 4 is 110 Å². The smallest absolute Gasteiger partial charge is 0.196 e. The average Bonchev–Trinajstić information content (AvgIpc) is 2.97. The molecule has 4 nitrogen and oxygen atoms in total. The van der Waals surface area contributed by atoms with Crippen molar-refractivity contribution in [2.24, 2.45) is 0 Å². The number of hydrogen-bond acceptors (Lipinski definition) is 2. The van der Waals surface area contributed by atoms with Gasteiger partial charge >= 0.3 is 0 Å². The van der Waals surface area contributed by atoms with Crippen LogP contribution in [0.3, 0.4) is 0 Å². The topological polar surface area (TPSA) is 65.7 Å². The van der Waals surface area contributed by atoms with Gasteiger partial charge in [0.15, 0.2) is 10.9 Å². The number of halogens is 2. The number of H-pyrrole nitrogens is 2. The molecule has 0 atom stereocenters. The van der Waals surface area contributed by atoms with Gasteiger partial charge in [-0.2, -0.15) is 0 Å². The van der Waals surface area contributed by atoms with E-state index in [1.165, 1.54) is 0 Å². The van der Waals surface area contributed by atoms with Crippen LogP contribution in [0.2, 0.25) is 10.0 Å². The zero-order valence-corrected chi connectivity index (χ0v) is 22.2.